The average molecular weight is 329 g/mol. The Morgan fingerprint density at radius 3 is 2.12 bits per heavy atom. The van der Waals surface area contributed by atoms with E-state index in [9.17, 15) is 0 Å². The number of rotatable bonds is 4. The van der Waals surface area contributed by atoms with E-state index in [1.165, 1.54) is 25.7 Å². The molecule has 0 aromatic carbocycles. The molecule has 2 fully saturated rings. The smallest absolute Gasteiger partial charge is 0.0194 e. The second kappa shape index (κ2) is 7.38. The fraction of sp³-hybridized carbons (Fsp3) is 0.833. The van der Waals surface area contributed by atoms with Crippen LogP contribution in [-0.4, -0.2) is 0 Å². The van der Waals surface area contributed by atoms with Crippen molar-refractivity contribution in [2.45, 2.75) is 67.2 Å². The molecule has 0 spiro atoms. The lowest BCUT2D eigenvalue weighted by Gasteiger charge is -2.37. The lowest BCUT2D eigenvalue weighted by atomic mass is 9.68. The molecule has 136 valence electrons. The molecular weight excluding hydrogens is 288 g/mol. The van der Waals surface area contributed by atoms with Crippen molar-refractivity contribution < 1.29 is 0 Å². The van der Waals surface area contributed by atoms with E-state index < -0.39 is 0 Å². The summed E-state index contributed by atoms with van der Waals surface area (Å²) in [5.74, 6) is 9.08. The first-order chi connectivity index (χ1) is 11.4. The maximum absolute atomic E-state index is 2.60. The van der Waals surface area contributed by atoms with Crippen molar-refractivity contribution >= 4 is 0 Å². The van der Waals surface area contributed by atoms with Crippen LogP contribution >= 0.6 is 0 Å². The molecule has 0 heterocycles. The predicted molar refractivity (Wildman–Crippen MR) is 106 cm³/mol. The van der Waals surface area contributed by atoms with Gasteiger partial charge in [-0.3, -0.25) is 0 Å². The van der Waals surface area contributed by atoms with E-state index in [1.54, 1.807) is 0 Å². The minimum absolute atomic E-state index is 0.803. The quantitative estimate of drug-likeness (QED) is 0.488. The van der Waals surface area contributed by atoms with Gasteiger partial charge < -0.3 is 0 Å². The highest BCUT2D eigenvalue weighted by molar-refractivity contribution is 5.09. The van der Waals surface area contributed by atoms with Crippen molar-refractivity contribution in [1.82, 2.24) is 0 Å². The van der Waals surface area contributed by atoms with Crippen LogP contribution in [0.1, 0.15) is 67.2 Å². The van der Waals surface area contributed by atoms with Gasteiger partial charge in [0, 0.05) is 0 Å². The Labute approximate surface area is 151 Å². The van der Waals surface area contributed by atoms with Gasteiger partial charge in [0.05, 0.1) is 0 Å². The molecule has 0 amide bonds. The van der Waals surface area contributed by atoms with Crippen LogP contribution in [0.3, 0.4) is 0 Å². The van der Waals surface area contributed by atoms with Gasteiger partial charge in [0.25, 0.3) is 0 Å². The molecule has 0 saturated heterocycles. The van der Waals surface area contributed by atoms with E-state index in [1.807, 2.05) is 0 Å². The van der Waals surface area contributed by atoms with Crippen LogP contribution in [0.25, 0.3) is 0 Å². The number of allylic oxidation sites excluding steroid dienone is 4. The number of hydrogen-bond donors (Lipinski definition) is 0. The summed E-state index contributed by atoms with van der Waals surface area (Å²) < 4.78 is 0. The zero-order valence-electron chi connectivity index (χ0n) is 16.9. The normalized spacial score (nSPS) is 51.9. The van der Waals surface area contributed by atoms with Crippen LogP contribution in [0, 0.1) is 59.2 Å². The van der Waals surface area contributed by atoms with E-state index in [2.05, 4.69) is 65.8 Å². The van der Waals surface area contributed by atoms with E-state index >= 15 is 0 Å². The topological polar surface area (TPSA) is 0 Å². The second-order valence-electron chi connectivity index (χ2n) is 9.79. The van der Waals surface area contributed by atoms with Crippen LogP contribution < -0.4 is 0 Å². The molecule has 0 N–H and O–H groups in total. The summed E-state index contributed by atoms with van der Waals surface area (Å²) in [7, 11) is 0. The summed E-state index contributed by atoms with van der Waals surface area (Å²) in [5, 5.41) is 0. The minimum atomic E-state index is 0.803. The third-order valence-electron chi connectivity index (χ3n) is 8.36. The molecule has 2 saturated carbocycles. The standard InChI is InChI=1S/C24H40/c1-7-8-9-20-13-16(3)18(5)23(20)22-14-17(4)19(6)24(22)21-11-10-15(2)12-21/h7-8,10-11,15-24H,9,12-14H2,1-6H3/b8-7-. The van der Waals surface area contributed by atoms with E-state index in [0.29, 0.717) is 0 Å². The Bertz CT molecular complexity index is 472. The maximum atomic E-state index is 2.60. The van der Waals surface area contributed by atoms with E-state index in [-0.39, 0.29) is 0 Å². The highest BCUT2D eigenvalue weighted by Gasteiger charge is 2.51. The summed E-state index contributed by atoms with van der Waals surface area (Å²) in [6, 6.07) is 0. The van der Waals surface area contributed by atoms with Crippen molar-refractivity contribution in [1.29, 1.82) is 0 Å². The molecule has 10 atom stereocenters. The Morgan fingerprint density at radius 1 is 0.833 bits per heavy atom. The van der Waals surface area contributed by atoms with Gasteiger partial charge in [0.15, 0.2) is 0 Å². The van der Waals surface area contributed by atoms with Crippen molar-refractivity contribution in [3.05, 3.63) is 24.3 Å². The zero-order chi connectivity index (χ0) is 17.4. The van der Waals surface area contributed by atoms with Gasteiger partial charge in [-0.15, -0.1) is 0 Å². The first-order valence-electron chi connectivity index (χ1n) is 10.7. The summed E-state index contributed by atoms with van der Waals surface area (Å²) >= 11 is 0. The monoisotopic (exact) mass is 328 g/mol. The highest BCUT2D eigenvalue weighted by Crippen LogP contribution is 2.58. The van der Waals surface area contributed by atoms with Crippen molar-refractivity contribution in [3.8, 4) is 0 Å². The first kappa shape index (κ1) is 18.3. The fourth-order valence-corrected chi connectivity index (χ4v) is 6.86. The van der Waals surface area contributed by atoms with Gasteiger partial charge in [0.1, 0.15) is 0 Å². The molecule has 0 bridgehead atoms. The van der Waals surface area contributed by atoms with Gasteiger partial charge >= 0.3 is 0 Å². The molecular formula is C24H40. The molecule has 0 heteroatoms. The second-order valence-corrected chi connectivity index (χ2v) is 9.79. The molecule has 0 aromatic heterocycles. The SMILES string of the molecule is C/C=C\CC1CC(C)C(C)C1C1CC(C)C(C)C1C1C=CC(C)C1. The molecule has 3 aliphatic rings. The Hall–Kier alpha value is -0.520. The van der Waals surface area contributed by atoms with E-state index in [0.717, 1.165) is 59.2 Å². The largest absolute Gasteiger partial charge is 0.0917 e. The van der Waals surface area contributed by atoms with Gasteiger partial charge in [-0.25, -0.2) is 0 Å². The molecule has 0 aromatic rings. The van der Waals surface area contributed by atoms with Crippen LogP contribution in [0.4, 0.5) is 0 Å². The molecule has 10 unspecified atom stereocenters. The van der Waals surface area contributed by atoms with Crippen LogP contribution in [0.2, 0.25) is 0 Å². The summed E-state index contributed by atoms with van der Waals surface area (Å²) in [5.41, 5.74) is 0. The first-order valence-corrected chi connectivity index (χ1v) is 10.7. The van der Waals surface area contributed by atoms with Gasteiger partial charge in [-0.2, -0.15) is 0 Å². The summed E-state index contributed by atoms with van der Waals surface area (Å²) in [4.78, 5) is 0. The lowest BCUT2D eigenvalue weighted by Crippen LogP contribution is -2.32. The third-order valence-corrected chi connectivity index (χ3v) is 8.36. The number of hydrogen-bond acceptors (Lipinski definition) is 0. The van der Waals surface area contributed by atoms with Crippen LogP contribution in [0.5, 0.6) is 0 Å². The average Bonchev–Trinajstić information content (AvgIpc) is 3.16. The summed E-state index contributed by atoms with van der Waals surface area (Å²) in [6.07, 6.45) is 15.5. The van der Waals surface area contributed by atoms with Crippen molar-refractivity contribution in [3.63, 3.8) is 0 Å². The molecule has 3 rings (SSSR count). The Balaban J connectivity index is 1.85. The molecule has 0 aliphatic heterocycles. The molecule has 0 radical (unpaired) electrons. The van der Waals surface area contributed by atoms with Crippen molar-refractivity contribution in [2.75, 3.05) is 0 Å². The molecule has 0 nitrogen and oxygen atoms in total. The molecule has 3 aliphatic carbocycles. The summed E-state index contributed by atoms with van der Waals surface area (Å²) in [6.45, 7) is 14.8. The lowest BCUT2D eigenvalue weighted by molar-refractivity contribution is 0.121. The predicted octanol–water partition coefficient (Wildman–Crippen LogP) is 6.98. The maximum Gasteiger partial charge on any atom is -0.0194 e. The molecule has 24 heavy (non-hydrogen) atoms. The van der Waals surface area contributed by atoms with Gasteiger partial charge in [-0.1, -0.05) is 58.9 Å². The zero-order valence-corrected chi connectivity index (χ0v) is 16.9. The Kier molecular flexibility index (Phi) is 5.62. The fourth-order valence-electron chi connectivity index (χ4n) is 6.86. The third kappa shape index (κ3) is 3.27. The van der Waals surface area contributed by atoms with Crippen LogP contribution in [0.15, 0.2) is 24.3 Å². The van der Waals surface area contributed by atoms with Gasteiger partial charge in [0.2, 0.25) is 0 Å². The van der Waals surface area contributed by atoms with Crippen molar-refractivity contribution in [2.24, 2.45) is 59.2 Å². The minimum Gasteiger partial charge on any atom is -0.0917 e. The Morgan fingerprint density at radius 2 is 1.50 bits per heavy atom. The van der Waals surface area contributed by atoms with Crippen LogP contribution in [-0.2, 0) is 0 Å². The van der Waals surface area contributed by atoms with Gasteiger partial charge in [-0.05, 0) is 91.8 Å². The highest BCUT2D eigenvalue weighted by atomic mass is 14.6. The van der Waals surface area contributed by atoms with E-state index in [4.69, 9.17) is 0 Å².